The van der Waals surface area contributed by atoms with E-state index >= 15 is 0 Å². The van der Waals surface area contributed by atoms with Crippen molar-refractivity contribution in [3.8, 4) is 0 Å². The normalized spacial score (nSPS) is 27.7. The Morgan fingerprint density at radius 3 is 2.63 bits per heavy atom. The van der Waals surface area contributed by atoms with E-state index in [1.165, 1.54) is 9.78 Å². The number of anilines is 1. The summed E-state index contributed by atoms with van der Waals surface area (Å²) in [6.45, 7) is 10.5. The zero-order valence-corrected chi connectivity index (χ0v) is 17.5. The number of esters is 1. The Balaban J connectivity index is 1.75. The molecule has 1 aliphatic carbocycles. The van der Waals surface area contributed by atoms with E-state index in [1.54, 1.807) is 18.3 Å². The van der Waals surface area contributed by atoms with Gasteiger partial charge in [-0.3, -0.25) is 4.79 Å². The summed E-state index contributed by atoms with van der Waals surface area (Å²) >= 11 is 1.54. The molecule has 3 atom stereocenters. The lowest BCUT2D eigenvalue weighted by Crippen LogP contribution is -3.16. The highest BCUT2D eigenvalue weighted by molar-refractivity contribution is 7.17. The fourth-order valence-electron chi connectivity index (χ4n) is 4.19. The molecule has 0 aromatic carbocycles. The van der Waals surface area contributed by atoms with E-state index in [2.05, 4.69) is 12.2 Å². The molecule has 0 spiro atoms. The quantitative estimate of drug-likeness (QED) is 0.745. The predicted molar refractivity (Wildman–Crippen MR) is 106 cm³/mol. The van der Waals surface area contributed by atoms with Crippen LogP contribution in [0, 0.1) is 5.92 Å². The first-order chi connectivity index (χ1) is 12.9. The van der Waals surface area contributed by atoms with Crippen LogP contribution in [0.1, 0.15) is 54.9 Å². The summed E-state index contributed by atoms with van der Waals surface area (Å²) < 4.78 is 11.0. The van der Waals surface area contributed by atoms with Crippen molar-refractivity contribution in [1.29, 1.82) is 0 Å². The smallest absolute Gasteiger partial charge is 0.341 e. The fraction of sp³-hybridized carbons (Fsp3) is 0.700. The van der Waals surface area contributed by atoms with Gasteiger partial charge in [0.1, 0.15) is 30.3 Å². The average molecular weight is 396 g/mol. The van der Waals surface area contributed by atoms with Gasteiger partial charge in [0.25, 0.3) is 5.91 Å². The number of nitrogens with one attached hydrogen (secondary N) is 2. The third kappa shape index (κ3) is 4.89. The SMILES string of the molecule is CCOC(=O)c1c(NC(=O)C[NH+]2C[C@H](C)O[C@@H](C)C2)sc2c1CC[C@@H](C)C2. The van der Waals surface area contributed by atoms with Gasteiger partial charge in [-0.1, -0.05) is 6.92 Å². The van der Waals surface area contributed by atoms with Crippen molar-refractivity contribution < 1.29 is 24.0 Å². The number of amides is 1. The van der Waals surface area contributed by atoms with Crippen LogP contribution in [-0.4, -0.2) is 50.3 Å². The number of ether oxygens (including phenoxy) is 2. The first-order valence-corrected chi connectivity index (χ1v) is 10.8. The molecule has 1 amide bonds. The highest BCUT2D eigenvalue weighted by Gasteiger charge is 2.31. The summed E-state index contributed by atoms with van der Waals surface area (Å²) in [7, 11) is 0. The summed E-state index contributed by atoms with van der Waals surface area (Å²) in [4.78, 5) is 27.7. The topological polar surface area (TPSA) is 69.1 Å². The standard InChI is InChI=1S/C20H30N2O4S/c1-5-25-20(24)18-15-7-6-12(2)8-16(15)27-19(18)21-17(23)11-22-9-13(3)26-14(4)10-22/h12-14H,5-11H2,1-4H3,(H,21,23)/p+1/t12-,13+,14+/m1/s1. The van der Waals surface area contributed by atoms with Crippen molar-refractivity contribution in [2.24, 2.45) is 5.92 Å². The van der Waals surface area contributed by atoms with E-state index in [1.807, 2.05) is 13.8 Å². The number of morpholine rings is 1. The summed E-state index contributed by atoms with van der Waals surface area (Å²) in [5.74, 6) is 0.236. The molecule has 1 saturated heterocycles. The van der Waals surface area contributed by atoms with Crippen LogP contribution in [0.5, 0.6) is 0 Å². The van der Waals surface area contributed by atoms with Crippen molar-refractivity contribution in [2.45, 2.75) is 59.2 Å². The van der Waals surface area contributed by atoms with Crippen LogP contribution in [0.15, 0.2) is 0 Å². The molecule has 2 N–H and O–H groups in total. The van der Waals surface area contributed by atoms with E-state index < -0.39 is 0 Å². The molecule has 1 aromatic heterocycles. The van der Waals surface area contributed by atoms with E-state index in [0.717, 1.165) is 37.9 Å². The Morgan fingerprint density at radius 2 is 1.96 bits per heavy atom. The number of hydrogen-bond acceptors (Lipinski definition) is 5. The molecule has 1 aromatic rings. The molecule has 6 nitrogen and oxygen atoms in total. The molecular formula is C20H31N2O4S+. The van der Waals surface area contributed by atoms with Crippen LogP contribution in [0.2, 0.25) is 0 Å². The van der Waals surface area contributed by atoms with Crippen molar-refractivity contribution in [2.75, 3.05) is 31.6 Å². The molecular weight excluding hydrogens is 364 g/mol. The van der Waals surface area contributed by atoms with E-state index in [0.29, 0.717) is 29.6 Å². The van der Waals surface area contributed by atoms with Crippen LogP contribution in [0.3, 0.4) is 0 Å². The van der Waals surface area contributed by atoms with Crippen LogP contribution in [0.4, 0.5) is 5.00 Å². The van der Waals surface area contributed by atoms with Gasteiger partial charge in [-0.15, -0.1) is 11.3 Å². The second kappa shape index (κ2) is 8.71. The third-order valence-electron chi connectivity index (χ3n) is 5.27. The van der Waals surface area contributed by atoms with Gasteiger partial charge in [-0.2, -0.15) is 0 Å². The van der Waals surface area contributed by atoms with Gasteiger partial charge in [0.2, 0.25) is 0 Å². The Morgan fingerprint density at radius 1 is 1.26 bits per heavy atom. The number of quaternary nitrogens is 1. The first-order valence-electron chi connectivity index (χ1n) is 9.97. The van der Waals surface area contributed by atoms with Gasteiger partial charge in [-0.25, -0.2) is 4.79 Å². The zero-order valence-electron chi connectivity index (χ0n) is 16.7. The maximum Gasteiger partial charge on any atom is 0.341 e. The second-order valence-corrected chi connectivity index (χ2v) is 9.02. The number of carbonyl (C=O) groups excluding carboxylic acids is 2. The average Bonchev–Trinajstić information content (AvgIpc) is 2.90. The largest absolute Gasteiger partial charge is 0.462 e. The Hall–Kier alpha value is -1.44. The monoisotopic (exact) mass is 395 g/mol. The third-order valence-corrected chi connectivity index (χ3v) is 6.44. The lowest BCUT2D eigenvalue weighted by molar-refractivity contribution is -0.907. The molecule has 150 valence electrons. The van der Waals surface area contributed by atoms with Crippen LogP contribution >= 0.6 is 11.3 Å². The number of thiophene rings is 1. The lowest BCUT2D eigenvalue weighted by Gasteiger charge is -2.31. The number of carbonyl (C=O) groups is 2. The van der Waals surface area contributed by atoms with Crippen molar-refractivity contribution in [3.05, 3.63) is 16.0 Å². The molecule has 7 heteroatoms. The summed E-state index contributed by atoms with van der Waals surface area (Å²) in [5, 5.41) is 3.67. The van der Waals surface area contributed by atoms with Gasteiger partial charge in [0.15, 0.2) is 6.54 Å². The molecule has 0 unspecified atom stereocenters. The van der Waals surface area contributed by atoms with Gasteiger partial charge in [0.05, 0.1) is 12.2 Å². The molecule has 1 fully saturated rings. The fourth-order valence-corrected chi connectivity index (χ4v) is 5.60. The Labute approximate surface area is 165 Å². The molecule has 0 saturated carbocycles. The van der Waals surface area contributed by atoms with Crippen molar-refractivity contribution in [1.82, 2.24) is 0 Å². The molecule has 0 radical (unpaired) electrons. The van der Waals surface area contributed by atoms with Crippen LogP contribution < -0.4 is 10.2 Å². The zero-order chi connectivity index (χ0) is 19.6. The van der Waals surface area contributed by atoms with E-state index in [9.17, 15) is 9.59 Å². The van der Waals surface area contributed by atoms with Gasteiger partial charge >= 0.3 is 5.97 Å². The summed E-state index contributed by atoms with van der Waals surface area (Å²) in [5.41, 5.74) is 1.66. The highest BCUT2D eigenvalue weighted by Crippen LogP contribution is 2.40. The van der Waals surface area contributed by atoms with Crippen molar-refractivity contribution in [3.63, 3.8) is 0 Å². The molecule has 3 rings (SSSR count). The number of rotatable bonds is 5. The minimum Gasteiger partial charge on any atom is -0.462 e. The van der Waals surface area contributed by atoms with Gasteiger partial charge in [-0.05, 0) is 51.5 Å². The van der Waals surface area contributed by atoms with Gasteiger partial charge in [0, 0.05) is 4.88 Å². The minimum absolute atomic E-state index is 0.0523. The number of hydrogen-bond donors (Lipinski definition) is 2. The molecule has 0 bridgehead atoms. The lowest BCUT2D eigenvalue weighted by atomic mass is 9.88. The highest BCUT2D eigenvalue weighted by atomic mass is 32.1. The minimum atomic E-state index is -0.319. The van der Waals surface area contributed by atoms with E-state index in [-0.39, 0.29) is 24.1 Å². The van der Waals surface area contributed by atoms with Gasteiger partial charge < -0.3 is 19.7 Å². The molecule has 2 aliphatic rings. The van der Waals surface area contributed by atoms with Crippen molar-refractivity contribution >= 4 is 28.2 Å². The summed E-state index contributed by atoms with van der Waals surface area (Å²) in [6, 6.07) is 0. The summed E-state index contributed by atoms with van der Waals surface area (Å²) in [6.07, 6.45) is 3.22. The van der Waals surface area contributed by atoms with Crippen LogP contribution in [-0.2, 0) is 27.1 Å². The Kier molecular flexibility index (Phi) is 6.55. The number of fused-ring (bicyclic) bond motifs is 1. The maximum absolute atomic E-state index is 12.7. The Bertz CT molecular complexity index is 692. The molecule has 1 aliphatic heterocycles. The predicted octanol–water partition coefficient (Wildman–Crippen LogP) is 1.68. The van der Waals surface area contributed by atoms with E-state index in [4.69, 9.17) is 9.47 Å². The van der Waals surface area contributed by atoms with Crippen LogP contribution in [0.25, 0.3) is 0 Å². The maximum atomic E-state index is 12.7. The first kappa shape index (κ1) is 20.3. The second-order valence-electron chi connectivity index (χ2n) is 7.92. The molecule has 27 heavy (non-hydrogen) atoms. The molecule has 2 heterocycles.